The predicted octanol–water partition coefficient (Wildman–Crippen LogP) is 2.21. The van der Waals surface area contributed by atoms with Crippen LogP contribution in [0.15, 0.2) is 46.4 Å². The number of nitrogens with zero attached hydrogens (tertiary/aromatic N) is 1. The van der Waals surface area contributed by atoms with Gasteiger partial charge < -0.3 is 19.7 Å². The molecular formula is C17H20N2O6S. The van der Waals surface area contributed by atoms with E-state index in [0.717, 1.165) is 6.07 Å². The average molecular weight is 380 g/mol. The second-order valence-electron chi connectivity index (χ2n) is 5.23. The number of hydrogen-bond acceptors (Lipinski definition) is 7. The highest BCUT2D eigenvalue weighted by Gasteiger charge is 2.21. The summed E-state index contributed by atoms with van der Waals surface area (Å²) in [5, 5.41) is 23.2. The minimum atomic E-state index is -4.04. The van der Waals surface area contributed by atoms with Crippen molar-refractivity contribution in [3.63, 3.8) is 0 Å². The smallest absolute Gasteiger partial charge is 0.280 e. The van der Waals surface area contributed by atoms with Gasteiger partial charge in [0.1, 0.15) is 27.9 Å². The summed E-state index contributed by atoms with van der Waals surface area (Å²) in [4.78, 5) is 2.01. The molecule has 0 spiro atoms. The number of aromatic hydroxyl groups is 2. The van der Waals surface area contributed by atoms with Crippen molar-refractivity contribution in [2.75, 3.05) is 14.2 Å². The molecule has 0 radical (unpaired) electrons. The Balaban J connectivity index is 2.40. The highest BCUT2D eigenvalue weighted by atomic mass is 32.2. The minimum absolute atomic E-state index is 0.108. The van der Waals surface area contributed by atoms with Crippen LogP contribution in [0.3, 0.4) is 0 Å². The standard InChI is InChI=1S/C17H20N2O6S/c1-4-14(13-7-5-11(20)9-15(13)21)18-19-26(22,23)17-10-12(24-2)6-8-16(17)25-3/h5-10,19-21H,4H2,1-3H3. The fourth-order valence-corrected chi connectivity index (χ4v) is 3.27. The lowest BCUT2D eigenvalue weighted by Crippen LogP contribution is -2.21. The van der Waals surface area contributed by atoms with Crippen LogP contribution in [0.1, 0.15) is 18.9 Å². The third-order valence-electron chi connectivity index (χ3n) is 3.59. The van der Waals surface area contributed by atoms with Gasteiger partial charge in [0.15, 0.2) is 0 Å². The van der Waals surface area contributed by atoms with Gasteiger partial charge in [0, 0.05) is 17.7 Å². The van der Waals surface area contributed by atoms with Gasteiger partial charge in [-0.3, -0.25) is 0 Å². The van der Waals surface area contributed by atoms with Crippen molar-refractivity contribution in [2.45, 2.75) is 18.2 Å². The second-order valence-corrected chi connectivity index (χ2v) is 6.85. The zero-order valence-electron chi connectivity index (χ0n) is 14.6. The summed E-state index contributed by atoms with van der Waals surface area (Å²) in [7, 11) is -1.26. The molecule has 0 heterocycles. The molecule has 0 amide bonds. The number of phenols is 2. The van der Waals surface area contributed by atoms with Gasteiger partial charge in [-0.05, 0) is 30.7 Å². The number of hydrazone groups is 1. The van der Waals surface area contributed by atoms with Crippen molar-refractivity contribution >= 4 is 15.7 Å². The van der Waals surface area contributed by atoms with Crippen LogP contribution >= 0.6 is 0 Å². The quantitative estimate of drug-likeness (QED) is 0.501. The van der Waals surface area contributed by atoms with Crippen molar-refractivity contribution in [3.05, 3.63) is 42.0 Å². The molecule has 0 aliphatic heterocycles. The molecule has 3 N–H and O–H groups in total. The average Bonchev–Trinajstić information content (AvgIpc) is 2.62. The van der Waals surface area contributed by atoms with Crippen molar-refractivity contribution in [2.24, 2.45) is 5.10 Å². The Hall–Kier alpha value is -2.94. The van der Waals surface area contributed by atoms with Crippen LogP contribution in [0.2, 0.25) is 0 Å². The second kappa shape index (κ2) is 7.96. The topological polar surface area (TPSA) is 117 Å². The lowest BCUT2D eigenvalue weighted by atomic mass is 10.1. The van der Waals surface area contributed by atoms with Crippen LogP contribution in [0.5, 0.6) is 23.0 Å². The summed E-state index contributed by atoms with van der Waals surface area (Å²) >= 11 is 0. The van der Waals surface area contributed by atoms with Gasteiger partial charge >= 0.3 is 0 Å². The van der Waals surface area contributed by atoms with E-state index in [-0.39, 0.29) is 22.1 Å². The van der Waals surface area contributed by atoms with Crippen molar-refractivity contribution in [1.29, 1.82) is 0 Å². The largest absolute Gasteiger partial charge is 0.508 e. The molecular weight excluding hydrogens is 360 g/mol. The highest BCUT2D eigenvalue weighted by Crippen LogP contribution is 2.28. The first kappa shape index (κ1) is 19.4. The Morgan fingerprint density at radius 3 is 2.42 bits per heavy atom. The monoisotopic (exact) mass is 380 g/mol. The first-order valence-electron chi connectivity index (χ1n) is 7.65. The van der Waals surface area contributed by atoms with Gasteiger partial charge in [-0.1, -0.05) is 6.92 Å². The molecule has 26 heavy (non-hydrogen) atoms. The number of ether oxygens (including phenoxy) is 2. The van der Waals surface area contributed by atoms with E-state index < -0.39 is 10.0 Å². The van der Waals surface area contributed by atoms with Crippen LogP contribution in [-0.2, 0) is 10.0 Å². The lowest BCUT2D eigenvalue weighted by Gasteiger charge is -2.12. The summed E-state index contributed by atoms with van der Waals surface area (Å²) in [5.74, 6) is 0.174. The molecule has 2 aromatic rings. The third kappa shape index (κ3) is 4.17. The van der Waals surface area contributed by atoms with E-state index in [1.165, 1.54) is 38.5 Å². The molecule has 0 aromatic heterocycles. The number of sulfonamides is 1. The van der Waals surface area contributed by atoms with Gasteiger partial charge in [-0.25, -0.2) is 0 Å². The summed E-state index contributed by atoms with van der Waals surface area (Å²) in [6, 6.07) is 8.35. The van der Waals surface area contributed by atoms with Crippen molar-refractivity contribution < 1.29 is 28.1 Å². The Morgan fingerprint density at radius 2 is 1.85 bits per heavy atom. The molecule has 0 saturated carbocycles. The summed E-state index contributed by atoms with van der Waals surface area (Å²) < 4.78 is 35.4. The van der Waals surface area contributed by atoms with Crippen LogP contribution in [0, 0.1) is 0 Å². The van der Waals surface area contributed by atoms with Gasteiger partial charge in [-0.15, -0.1) is 0 Å². The fraction of sp³-hybridized carbons (Fsp3) is 0.235. The van der Waals surface area contributed by atoms with Crippen molar-refractivity contribution in [3.8, 4) is 23.0 Å². The molecule has 0 atom stereocenters. The normalized spacial score (nSPS) is 11.9. The molecule has 0 saturated heterocycles. The number of benzene rings is 2. The SMILES string of the molecule is CCC(=NNS(=O)(=O)c1cc(OC)ccc1OC)c1ccc(O)cc1O. The Morgan fingerprint density at radius 1 is 1.12 bits per heavy atom. The summed E-state index contributed by atoms with van der Waals surface area (Å²) in [6.45, 7) is 1.76. The van der Waals surface area contributed by atoms with Crippen LogP contribution in [0.25, 0.3) is 0 Å². The predicted molar refractivity (Wildman–Crippen MR) is 96.5 cm³/mol. The molecule has 8 nitrogen and oxygen atoms in total. The van der Waals surface area contributed by atoms with Crippen molar-refractivity contribution in [1.82, 2.24) is 4.83 Å². The van der Waals surface area contributed by atoms with E-state index in [2.05, 4.69) is 9.93 Å². The maximum atomic E-state index is 12.6. The summed E-state index contributed by atoms with van der Waals surface area (Å²) in [6.07, 6.45) is 0.343. The van der Waals surface area contributed by atoms with Gasteiger partial charge in [0.05, 0.1) is 19.9 Å². The highest BCUT2D eigenvalue weighted by molar-refractivity contribution is 7.89. The number of hydrogen-bond donors (Lipinski definition) is 3. The molecule has 140 valence electrons. The van der Waals surface area contributed by atoms with Crippen LogP contribution in [-0.4, -0.2) is 38.6 Å². The molecule has 2 rings (SSSR count). The Labute approximate surface area is 151 Å². The maximum Gasteiger partial charge on any atom is 0.280 e. The minimum Gasteiger partial charge on any atom is -0.508 e. The van der Waals surface area contributed by atoms with Gasteiger partial charge in [0.25, 0.3) is 10.0 Å². The number of rotatable bonds is 7. The molecule has 0 bridgehead atoms. The Bertz CT molecular complexity index is 925. The molecule has 2 aromatic carbocycles. The zero-order valence-corrected chi connectivity index (χ0v) is 15.4. The molecule has 0 aliphatic carbocycles. The first-order valence-corrected chi connectivity index (χ1v) is 9.13. The number of nitrogens with one attached hydrogen (secondary N) is 1. The maximum absolute atomic E-state index is 12.6. The molecule has 0 unspecified atom stereocenters. The van der Waals surface area contributed by atoms with Crippen LogP contribution in [0.4, 0.5) is 0 Å². The van der Waals surface area contributed by atoms with E-state index in [1.807, 2.05) is 0 Å². The number of phenolic OH excluding ortho intramolecular Hbond substituents is 2. The Kier molecular flexibility index (Phi) is 5.93. The molecule has 9 heteroatoms. The van der Waals surface area contributed by atoms with E-state index in [0.29, 0.717) is 23.4 Å². The van der Waals surface area contributed by atoms with E-state index >= 15 is 0 Å². The van der Waals surface area contributed by atoms with Crippen LogP contribution < -0.4 is 14.3 Å². The fourth-order valence-electron chi connectivity index (χ4n) is 2.25. The number of methoxy groups -OCH3 is 2. The molecule has 0 fully saturated rings. The van der Waals surface area contributed by atoms with Gasteiger partial charge in [-0.2, -0.15) is 18.4 Å². The summed E-state index contributed by atoms with van der Waals surface area (Å²) in [5.41, 5.74) is 0.610. The first-order chi connectivity index (χ1) is 12.3. The zero-order chi connectivity index (χ0) is 19.3. The van der Waals surface area contributed by atoms with E-state index in [4.69, 9.17) is 9.47 Å². The van der Waals surface area contributed by atoms with Gasteiger partial charge in [0.2, 0.25) is 0 Å². The third-order valence-corrected chi connectivity index (χ3v) is 4.82. The van der Waals surface area contributed by atoms with E-state index in [1.54, 1.807) is 13.0 Å². The lowest BCUT2D eigenvalue weighted by molar-refractivity contribution is 0.392. The van der Waals surface area contributed by atoms with E-state index in [9.17, 15) is 18.6 Å². The molecule has 0 aliphatic rings.